The molecule has 0 unspecified atom stereocenters. The molecule has 0 aromatic carbocycles. The van der Waals surface area contributed by atoms with Crippen LogP contribution in [-0.4, -0.2) is 35.2 Å². The van der Waals surface area contributed by atoms with Gasteiger partial charge in [0.1, 0.15) is 0 Å². The number of likely N-dealkylation sites (tertiary alicyclic amines) is 1. The second-order valence-electron chi connectivity index (χ2n) is 5.09. The van der Waals surface area contributed by atoms with Gasteiger partial charge in [-0.25, -0.2) is 0 Å². The van der Waals surface area contributed by atoms with Crippen molar-refractivity contribution in [2.75, 3.05) is 19.6 Å². The van der Waals surface area contributed by atoms with E-state index in [1.807, 2.05) is 6.92 Å². The van der Waals surface area contributed by atoms with E-state index in [4.69, 9.17) is 0 Å². The first-order valence-electron chi connectivity index (χ1n) is 5.60. The van der Waals surface area contributed by atoms with Crippen molar-refractivity contribution in [2.45, 2.75) is 44.6 Å². The van der Waals surface area contributed by atoms with E-state index in [0.717, 1.165) is 31.8 Å². The molecule has 1 saturated heterocycles. The summed E-state index contributed by atoms with van der Waals surface area (Å²) >= 11 is 0. The van der Waals surface area contributed by atoms with Crippen LogP contribution in [0.3, 0.4) is 0 Å². The summed E-state index contributed by atoms with van der Waals surface area (Å²) in [6, 6.07) is 0. The summed E-state index contributed by atoms with van der Waals surface area (Å²) in [5, 5.41) is 9.77. The minimum absolute atomic E-state index is 0.379. The van der Waals surface area contributed by atoms with E-state index in [0.29, 0.717) is 0 Å². The molecule has 0 radical (unpaired) electrons. The lowest BCUT2D eigenvalue weighted by Gasteiger charge is -2.39. The maximum absolute atomic E-state index is 9.77. The van der Waals surface area contributed by atoms with Crippen LogP contribution < -0.4 is 0 Å². The van der Waals surface area contributed by atoms with Crippen LogP contribution in [-0.2, 0) is 0 Å². The highest BCUT2D eigenvalue weighted by Crippen LogP contribution is 2.29. The molecule has 0 atom stereocenters. The molecule has 2 nitrogen and oxygen atoms in total. The van der Waals surface area contributed by atoms with Gasteiger partial charge in [0.2, 0.25) is 0 Å². The van der Waals surface area contributed by atoms with Gasteiger partial charge in [-0.1, -0.05) is 6.42 Å². The Hall–Kier alpha value is -0.0800. The van der Waals surface area contributed by atoms with E-state index < -0.39 is 0 Å². The summed E-state index contributed by atoms with van der Waals surface area (Å²) in [5.41, 5.74) is -0.379. The third-order valence-electron chi connectivity index (χ3n) is 3.67. The maximum Gasteiger partial charge on any atom is 0.0644 e. The van der Waals surface area contributed by atoms with Crippen LogP contribution in [0.15, 0.2) is 0 Å². The second kappa shape index (κ2) is 3.58. The first-order valence-corrected chi connectivity index (χ1v) is 5.60. The van der Waals surface area contributed by atoms with Crippen LogP contribution in [0.5, 0.6) is 0 Å². The molecule has 13 heavy (non-hydrogen) atoms. The Morgan fingerprint density at radius 2 is 1.92 bits per heavy atom. The number of rotatable bonds is 2. The molecular weight excluding hydrogens is 162 g/mol. The van der Waals surface area contributed by atoms with Crippen molar-refractivity contribution >= 4 is 0 Å². The van der Waals surface area contributed by atoms with Gasteiger partial charge in [-0.15, -0.1) is 0 Å². The largest absolute Gasteiger partial charge is 0.390 e. The van der Waals surface area contributed by atoms with Gasteiger partial charge in [0, 0.05) is 19.6 Å². The quantitative estimate of drug-likeness (QED) is 0.703. The monoisotopic (exact) mass is 183 g/mol. The standard InChI is InChI=1S/C11H21NO/c1-11(13)5-7-12(8-6-11)9-10-3-2-4-10/h10,13H,2-9H2,1H3. The van der Waals surface area contributed by atoms with Gasteiger partial charge < -0.3 is 10.0 Å². The minimum Gasteiger partial charge on any atom is -0.390 e. The summed E-state index contributed by atoms with van der Waals surface area (Å²) in [6.45, 7) is 5.46. The summed E-state index contributed by atoms with van der Waals surface area (Å²) in [5.74, 6) is 0.975. The Kier molecular flexibility index (Phi) is 2.61. The first-order chi connectivity index (χ1) is 6.16. The predicted molar refractivity (Wildman–Crippen MR) is 53.6 cm³/mol. The summed E-state index contributed by atoms with van der Waals surface area (Å²) in [6.07, 6.45) is 6.23. The fraction of sp³-hybridized carbons (Fsp3) is 1.00. The Morgan fingerprint density at radius 1 is 1.31 bits per heavy atom. The van der Waals surface area contributed by atoms with E-state index in [1.165, 1.54) is 25.8 Å². The lowest BCUT2D eigenvalue weighted by Crippen LogP contribution is -2.44. The number of piperidine rings is 1. The van der Waals surface area contributed by atoms with Crippen molar-refractivity contribution in [1.29, 1.82) is 0 Å². The Morgan fingerprint density at radius 3 is 2.38 bits per heavy atom. The molecule has 0 aromatic heterocycles. The number of hydrogen-bond donors (Lipinski definition) is 1. The van der Waals surface area contributed by atoms with Crippen molar-refractivity contribution < 1.29 is 5.11 Å². The summed E-state index contributed by atoms with van der Waals surface area (Å²) in [7, 11) is 0. The van der Waals surface area contributed by atoms with Gasteiger partial charge in [0.15, 0.2) is 0 Å². The molecule has 2 aliphatic rings. The van der Waals surface area contributed by atoms with Gasteiger partial charge in [0.05, 0.1) is 5.60 Å². The molecule has 0 spiro atoms. The van der Waals surface area contributed by atoms with Crippen LogP contribution in [0.2, 0.25) is 0 Å². The van der Waals surface area contributed by atoms with E-state index >= 15 is 0 Å². The van der Waals surface area contributed by atoms with Crippen LogP contribution in [0, 0.1) is 5.92 Å². The molecule has 0 aromatic rings. The highest BCUT2D eigenvalue weighted by atomic mass is 16.3. The second-order valence-corrected chi connectivity index (χ2v) is 5.09. The van der Waals surface area contributed by atoms with Crippen LogP contribution >= 0.6 is 0 Å². The lowest BCUT2D eigenvalue weighted by atomic mass is 9.84. The highest BCUT2D eigenvalue weighted by molar-refractivity contribution is 4.83. The first kappa shape index (κ1) is 9.47. The van der Waals surface area contributed by atoms with Gasteiger partial charge in [-0.05, 0) is 38.5 Å². The van der Waals surface area contributed by atoms with Gasteiger partial charge in [-0.2, -0.15) is 0 Å². The normalized spacial score (nSPS) is 30.0. The average molecular weight is 183 g/mol. The Bertz CT molecular complexity index is 165. The van der Waals surface area contributed by atoms with Crippen LogP contribution in [0.4, 0.5) is 0 Å². The topological polar surface area (TPSA) is 23.5 Å². The molecule has 2 fully saturated rings. The molecule has 1 aliphatic heterocycles. The maximum atomic E-state index is 9.77. The number of hydrogen-bond acceptors (Lipinski definition) is 2. The van der Waals surface area contributed by atoms with E-state index in [9.17, 15) is 5.11 Å². The zero-order valence-electron chi connectivity index (χ0n) is 8.63. The average Bonchev–Trinajstić information content (AvgIpc) is 1.99. The predicted octanol–water partition coefficient (Wildman–Crippen LogP) is 1.63. The van der Waals surface area contributed by atoms with Crippen molar-refractivity contribution in [3.63, 3.8) is 0 Å². The molecular formula is C11H21NO. The molecule has 1 heterocycles. The lowest BCUT2D eigenvalue weighted by molar-refractivity contribution is -0.0117. The van der Waals surface area contributed by atoms with Gasteiger partial charge in [-0.3, -0.25) is 0 Å². The fourth-order valence-electron chi connectivity index (χ4n) is 2.26. The molecule has 1 aliphatic carbocycles. The third-order valence-corrected chi connectivity index (χ3v) is 3.67. The molecule has 1 saturated carbocycles. The van der Waals surface area contributed by atoms with E-state index in [-0.39, 0.29) is 5.60 Å². The molecule has 2 heteroatoms. The fourth-order valence-corrected chi connectivity index (χ4v) is 2.26. The highest BCUT2D eigenvalue weighted by Gasteiger charge is 2.29. The van der Waals surface area contributed by atoms with Crippen molar-refractivity contribution in [2.24, 2.45) is 5.92 Å². The number of aliphatic hydroxyl groups is 1. The molecule has 1 N–H and O–H groups in total. The van der Waals surface area contributed by atoms with Crippen molar-refractivity contribution in [3.05, 3.63) is 0 Å². The SMILES string of the molecule is CC1(O)CCN(CC2CCC2)CC1. The summed E-state index contributed by atoms with van der Waals surface area (Å²) in [4.78, 5) is 2.53. The van der Waals surface area contributed by atoms with Crippen LogP contribution in [0.1, 0.15) is 39.0 Å². The molecule has 76 valence electrons. The number of nitrogens with zero attached hydrogens (tertiary/aromatic N) is 1. The smallest absolute Gasteiger partial charge is 0.0644 e. The van der Waals surface area contributed by atoms with E-state index in [1.54, 1.807) is 0 Å². The Balaban J connectivity index is 1.71. The zero-order chi connectivity index (χ0) is 9.31. The molecule has 0 amide bonds. The minimum atomic E-state index is -0.379. The van der Waals surface area contributed by atoms with Crippen molar-refractivity contribution in [3.8, 4) is 0 Å². The Labute approximate surface area is 80.9 Å². The van der Waals surface area contributed by atoms with Gasteiger partial charge in [0.25, 0.3) is 0 Å². The van der Waals surface area contributed by atoms with Crippen molar-refractivity contribution in [1.82, 2.24) is 4.90 Å². The van der Waals surface area contributed by atoms with Gasteiger partial charge >= 0.3 is 0 Å². The van der Waals surface area contributed by atoms with Crippen LogP contribution in [0.25, 0.3) is 0 Å². The van der Waals surface area contributed by atoms with E-state index in [2.05, 4.69) is 4.90 Å². The molecule has 0 bridgehead atoms. The summed E-state index contributed by atoms with van der Waals surface area (Å²) < 4.78 is 0. The molecule has 2 rings (SSSR count). The zero-order valence-corrected chi connectivity index (χ0v) is 8.63. The third kappa shape index (κ3) is 2.44.